The molecule has 0 aliphatic carbocycles. The average molecular weight is 245 g/mol. The van der Waals surface area contributed by atoms with Crippen LogP contribution in [0.2, 0.25) is 5.02 Å². The van der Waals surface area contributed by atoms with E-state index < -0.39 is 0 Å². The van der Waals surface area contributed by atoms with Crippen molar-refractivity contribution in [3.8, 4) is 0 Å². The Hall–Kier alpha value is 1.10. The van der Waals surface area contributed by atoms with Crippen LogP contribution in [0, 0.1) is 5.92 Å². The molecule has 0 radical (unpaired) electrons. The third-order valence-electron chi connectivity index (χ3n) is 1.48. The Morgan fingerprint density at radius 1 is 1.33 bits per heavy atom. The Balaban J connectivity index is 0. The first kappa shape index (κ1) is 12.8. The first-order chi connectivity index (χ1) is 3.81. The van der Waals surface area contributed by atoms with Crippen LogP contribution in [-0.4, -0.2) is 0 Å². The van der Waals surface area contributed by atoms with Gasteiger partial charge in [-0.25, -0.2) is 0 Å². The second-order valence-electron chi connectivity index (χ2n) is 2.54. The van der Waals surface area contributed by atoms with Crippen molar-refractivity contribution < 1.29 is 18.3 Å². The fourth-order valence-electron chi connectivity index (χ4n) is 0.986. The first-order valence-electron chi connectivity index (χ1n) is 3.60. The third-order valence-corrected chi connectivity index (χ3v) is 2.33. The van der Waals surface area contributed by atoms with Crippen molar-refractivity contribution in [3.63, 3.8) is 0 Å². The van der Waals surface area contributed by atoms with E-state index in [1.165, 1.54) is 42.6 Å². The van der Waals surface area contributed by atoms with Gasteiger partial charge < -0.3 is 0 Å². The fourth-order valence-corrected chi connectivity index (χ4v) is 2.45. The second kappa shape index (κ2) is 9.10. The van der Waals surface area contributed by atoms with Crippen LogP contribution in [0.15, 0.2) is 0 Å². The van der Waals surface area contributed by atoms with E-state index in [9.17, 15) is 0 Å². The molecular formula is C7H16BrZn. The molecule has 0 bridgehead atoms. The molecule has 2 heteroatoms. The van der Waals surface area contributed by atoms with Crippen molar-refractivity contribution in [3.05, 3.63) is 0 Å². The van der Waals surface area contributed by atoms with E-state index in [-0.39, 0.29) is 17.0 Å². The van der Waals surface area contributed by atoms with E-state index in [4.69, 9.17) is 0 Å². The monoisotopic (exact) mass is 243 g/mol. The van der Waals surface area contributed by atoms with Crippen LogP contribution in [-0.2, 0) is 18.3 Å². The van der Waals surface area contributed by atoms with Crippen LogP contribution in [0.4, 0.5) is 0 Å². The van der Waals surface area contributed by atoms with Crippen LogP contribution in [0.5, 0.6) is 0 Å². The van der Waals surface area contributed by atoms with E-state index in [1.54, 1.807) is 0 Å². The molecule has 0 spiro atoms. The maximum absolute atomic E-state index is 2.36. The van der Waals surface area contributed by atoms with E-state index in [1.807, 2.05) is 0 Å². The summed E-state index contributed by atoms with van der Waals surface area (Å²) in [5.74, 6) is 0.994. The standard InChI is InChI=1S/C7H15.BrH.Zn/c1-4-6-7(3)5-2;;/h7H,2,4-6H2,1,3H3;1H;. The van der Waals surface area contributed by atoms with Gasteiger partial charge in [-0.2, -0.15) is 0 Å². The second-order valence-corrected chi connectivity index (χ2v) is 4.02. The molecule has 0 saturated carbocycles. The Labute approximate surface area is 79.2 Å². The van der Waals surface area contributed by atoms with Gasteiger partial charge in [-0.3, -0.25) is 0 Å². The molecular weight excluding hydrogens is 229 g/mol. The summed E-state index contributed by atoms with van der Waals surface area (Å²) in [5, 5.41) is 1.47. The van der Waals surface area contributed by atoms with E-state index in [2.05, 4.69) is 13.8 Å². The molecule has 53 valence electrons. The van der Waals surface area contributed by atoms with Gasteiger partial charge in [-0.1, -0.05) is 0 Å². The SMILES string of the molecule is Br.CCCC(C)C[CH2][Zn]. The molecule has 0 saturated heterocycles. The van der Waals surface area contributed by atoms with Crippen molar-refractivity contribution in [2.45, 2.75) is 38.1 Å². The van der Waals surface area contributed by atoms with Crippen molar-refractivity contribution in [2.24, 2.45) is 5.92 Å². The zero-order chi connectivity index (χ0) is 6.41. The molecule has 0 aliphatic heterocycles. The summed E-state index contributed by atoms with van der Waals surface area (Å²) < 4.78 is 0. The topological polar surface area (TPSA) is 0 Å². The molecule has 0 aromatic rings. The van der Waals surface area contributed by atoms with Crippen molar-refractivity contribution in [2.75, 3.05) is 0 Å². The predicted octanol–water partition coefficient (Wildman–Crippen LogP) is 3.36. The Morgan fingerprint density at radius 2 is 1.89 bits per heavy atom. The summed E-state index contributed by atoms with van der Waals surface area (Å²) in [6.45, 7) is 4.63. The quantitative estimate of drug-likeness (QED) is 0.666. The summed E-state index contributed by atoms with van der Waals surface area (Å²) in [7, 11) is 0. The molecule has 0 amide bonds. The summed E-state index contributed by atoms with van der Waals surface area (Å²) in [6.07, 6.45) is 4.26. The maximum atomic E-state index is 2.36. The summed E-state index contributed by atoms with van der Waals surface area (Å²) in [4.78, 5) is 0. The summed E-state index contributed by atoms with van der Waals surface area (Å²) >= 11 is 1.48. The molecule has 0 aromatic heterocycles. The number of hydrogen-bond donors (Lipinski definition) is 0. The van der Waals surface area contributed by atoms with E-state index in [0.29, 0.717) is 0 Å². The molecule has 1 unspecified atom stereocenters. The molecule has 0 nitrogen and oxygen atoms in total. The summed E-state index contributed by atoms with van der Waals surface area (Å²) in [5.41, 5.74) is 0. The van der Waals surface area contributed by atoms with Gasteiger partial charge >= 0.3 is 62.3 Å². The van der Waals surface area contributed by atoms with Gasteiger partial charge in [0.15, 0.2) is 0 Å². The minimum atomic E-state index is 0. The zero-order valence-electron chi connectivity index (χ0n) is 6.52. The molecule has 0 rings (SSSR count). The van der Waals surface area contributed by atoms with Gasteiger partial charge in [0.05, 0.1) is 0 Å². The zero-order valence-corrected chi connectivity index (χ0v) is 11.2. The van der Waals surface area contributed by atoms with Crippen LogP contribution < -0.4 is 0 Å². The molecule has 0 aliphatic rings. The van der Waals surface area contributed by atoms with Gasteiger partial charge in [0, 0.05) is 0 Å². The van der Waals surface area contributed by atoms with Gasteiger partial charge in [-0.15, -0.1) is 17.0 Å². The number of hydrogen-bond acceptors (Lipinski definition) is 0. The van der Waals surface area contributed by atoms with Gasteiger partial charge in [0.1, 0.15) is 0 Å². The van der Waals surface area contributed by atoms with Crippen molar-refractivity contribution >= 4 is 17.0 Å². The molecule has 0 heterocycles. The normalized spacial score (nSPS) is 12.4. The third kappa shape index (κ3) is 9.10. The molecule has 9 heavy (non-hydrogen) atoms. The van der Waals surface area contributed by atoms with Crippen molar-refractivity contribution in [1.29, 1.82) is 0 Å². The van der Waals surface area contributed by atoms with Crippen LogP contribution in [0.25, 0.3) is 0 Å². The van der Waals surface area contributed by atoms with Crippen LogP contribution in [0.3, 0.4) is 0 Å². The van der Waals surface area contributed by atoms with E-state index >= 15 is 0 Å². The molecule has 1 atom stereocenters. The van der Waals surface area contributed by atoms with Gasteiger partial charge in [-0.05, 0) is 0 Å². The van der Waals surface area contributed by atoms with Crippen LogP contribution >= 0.6 is 17.0 Å². The Kier molecular flexibility index (Phi) is 12.9. The molecule has 0 aromatic carbocycles. The van der Waals surface area contributed by atoms with Gasteiger partial charge in [0.25, 0.3) is 0 Å². The Bertz CT molecular complexity index is 42.2. The Morgan fingerprint density at radius 3 is 2.22 bits per heavy atom. The number of halogens is 1. The van der Waals surface area contributed by atoms with Crippen LogP contribution in [0.1, 0.15) is 33.1 Å². The van der Waals surface area contributed by atoms with E-state index in [0.717, 1.165) is 5.92 Å². The molecule has 0 N–H and O–H groups in total. The number of rotatable bonds is 4. The average Bonchev–Trinajstić information content (AvgIpc) is 1.68. The molecule has 0 fully saturated rings. The van der Waals surface area contributed by atoms with Crippen molar-refractivity contribution in [1.82, 2.24) is 0 Å². The minimum absolute atomic E-state index is 0. The predicted molar refractivity (Wildman–Crippen MR) is 43.8 cm³/mol. The first-order valence-corrected chi connectivity index (χ1v) is 5.70. The van der Waals surface area contributed by atoms with Gasteiger partial charge in [0.2, 0.25) is 0 Å². The fraction of sp³-hybridized carbons (Fsp3) is 1.00. The summed E-state index contributed by atoms with van der Waals surface area (Å²) in [6, 6.07) is 0.